The number of aryl methyl sites for hydroxylation is 1. The molecule has 0 spiro atoms. The molecule has 0 bridgehead atoms. The van der Waals surface area contributed by atoms with Gasteiger partial charge in [-0.25, -0.2) is 13.1 Å². The van der Waals surface area contributed by atoms with E-state index in [1.54, 1.807) is 50.4 Å². The molecule has 0 unspecified atom stereocenters. The summed E-state index contributed by atoms with van der Waals surface area (Å²) in [5, 5.41) is 3.88. The topological polar surface area (TPSA) is 104 Å². The van der Waals surface area contributed by atoms with E-state index in [4.69, 9.17) is 14.0 Å². The van der Waals surface area contributed by atoms with E-state index in [-0.39, 0.29) is 23.1 Å². The van der Waals surface area contributed by atoms with Gasteiger partial charge in [0.05, 0.1) is 20.8 Å². The molecule has 9 heteroatoms. The zero-order chi connectivity index (χ0) is 19.4. The van der Waals surface area contributed by atoms with Gasteiger partial charge in [-0.2, -0.15) is 4.98 Å². The lowest BCUT2D eigenvalue weighted by molar-refractivity contribution is 0.375. The summed E-state index contributed by atoms with van der Waals surface area (Å²) in [4.78, 5) is 4.27. The number of sulfonamides is 1. The van der Waals surface area contributed by atoms with Crippen LogP contribution in [0.2, 0.25) is 0 Å². The lowest BCUT2D eigenvalue weighted by atomic mass is 10.2. The van der Waals surface area contributed by atoms with Gasteiger partial charge < -0.3 is 14.0 Å². The van der Waals surface area contributed by atoms with Crippen LogP contribution >= 0.6 is 0 Å². The highest BCUT2D eigenvalue weighted by molar-refractivity contribution is 7.89. The van der Waals surface area contributed by atoms with Crippen LogP contribution in [-0.2, 0) is 16.6 Å². The van der Waals surface area contributed by atoms with Crippen LogP contribution in [0.15, 0.2) is 51.9 Å². The Morgan fingerprint density at radius 3 is 2.67 bits per heavy atom. The number of methoxy groups -OCH3 is 2. The summed E-state index contributed by atoms with van der Waals surface area (Å²) in [5.74, 6) is 1.40. The summed E-state index contributed by atoms with van der Waals surface area (Å²) >= 11 is 0. The molecular weight excluding hydrogens is 370 g/mol. The van der Waals surface area contributed by atoms with Gasteiger partial charge in [0, 0.05) is 5.56 Å². The molecular formula is C18H19N3O5S. The first-order valence-corrected chi connectivity index (χ1v) is 9.52. The molecule has 0 fully saturated rings. The molecule has 1 aromatic heterocycles. The second-order valence-corrected chi connectivity index (χ2v) is 7.46. The second kappa shape index (κ2) is 7.77. The highest BCUT2D eigenvalue weighted by Gasteiger charge is 2.21. The third-order valence-corrected chi connectivity index (χ3v) is 5.24. The molecule has 0 saturated heterocycles. The molecule has 0 aliphatic heterocycles. The average molecular weight is 389 g/mol. The highest BCUT2D eigenvalue weighted by atomic mass is 32.2. The third kappa shape index (κ3) is 4.26. The highest BCUT2D eigenvalue weighted by Crippen LogP contribution is 2.25. The summed E-state index contributed by atoms with van der Waals surface area (Å²) in [6, 6.07) is 12.1. The van der Waals surface area contributed by atoms with Crippen LogP contribution in [-0.4, -0.2) is 32.8 Å². The number of nitrogens with one attached hydrogen (secondary N) is 1. The lowest BCUT2D eigenvalue weighted by Crippen LogP contribution is -2.24. The van der Waals surface area contributed by atoms with Crippen molar-refractivity contribution in [2.24, 2.45) is 0 Å². The molecule has 0 saturated carbocycles. The van der Waals surface area contributed by atoms with Crippen LogP contribution < -0.4 is 14.2 Å². The smallest absolute Gasteiger partial charge is 0.244 e. The molecule has 27 heavy (non-hydrogen) atoms. The number of hydrogen-bond donors (Lipinski definition) is 1. The van der Waals surface area contributed by atoms with E-state index in [0.29, 0.717) is 17.1 Å². The predicted molar refractivity (Wildman–Crippen MR) is 98.0 cm³/mol. The molecule has 0 radical (unpaired) electrons. The molecule has 0 atom stereocenters. The van der Waals surface area contributed by atoms with E-state index >= 15 is 0 Å². The summed E-state index contributed by atoms with van der Waals surface area (Å²) in [7, 11) is -0.829. The van der Waals surface area contributed by atoms with Gasteiger partial charge in [0.1, 0.15) is 16.4 Å². The Morgan fingerprint density at radius 2 is 1.93 bits per heavy atom. The van der Waals surface area contributed by atoms with Crippen molar-refractivity contribution in [1.29, 1.82) is 0 Å². The maximum absolute atomic E-state index is 12.6. The number of hydrogen-bond acceptors (Lipinski definition) is 7. The number of benzene rings is 2. The van der Waals surface area contributed by atoms with Crippen molar-refractivity contribution in [3.63, 3.8) is 0 Å². The predicted octanol–water partition coefficient (Wildman–Crippen LogP) is 2.54. The Labute approximate surface area is 157 Å². The third-order valence-electron chi connectivity index (χ3n) is 3.82. The molecule has 3 aromatic rings. The van der Waals surface area contributed by atoms with E-state index in [0.717, 1.165) is 5.56 Å². The molecule has 0 aliphatic carbocycles. The minimum absolute atomic E-state index is 0.0533. The minimum atomic E-state index is -3.81. The van der Waals surface area contributed by atoms with Crippen LogP contribution in [0.3, 0.4) is 0 Å². The van der Waals surface area contributed by atoms with Crippen LogP contribution in [0.1, 0.15) is 11.5 Å². The van der Waals surface area contributed by atoms with Crippen LogP contribution in [0.5, 0.6) is 11.5 Å². The monoisotopic (exact) mass is 389 g/mol. The quantitative estimate of drug-likeness (QED) is 0.662. The molecule has 8 nitrogen and oxygen atoms in total. The Hall–Kier alpha value is -2.91. The van der Waals surface area contributed by atoms with Gasteiger partial charge in [-0.1, -0.05) is 23.4 Å². The Morgan fingerprint density at radius 1 is 1.11 bits per heavy atom. The van der Waals surface area contributed by atoms with Crippen molar-refractivity contribution in [1.82, 2.24) is 14.9 Å². The Bertz CT molecular complexity index is 1050. The van der Waals surface area contributed by atoms with Crippen molar-refractivity contribution >= 4 is 10.0 Å². The molecule has 1 N–H and O–H groups in total. The van der Waals surface area contributed by atoms with Gasteiger partial charge in [0.2, 0.25) is 21.7 Å². The lowest BCUT2D eigenvalue weighted by Gasteiger charge is -2.10. The van der Waals surface area contributed by atoms with E-state index in [1.165, 1.54) is 13.2 Å². The first-order valence-electron chi connectivity index (χ1n) is 8.04. The van der Waals surface area contributed by atoms with Gasteiger partial charge in [0.15, 0.2) is 0 Å². The largest absolute Gasteiger partial charge is 0.497 e. The van der Waals surface area contributed by atoms with Gasteiger partial charge in [-0.05, 0) is 36.8 Å². The summed E-state index contributed by atoms with van der Waals surface area (Å²) in [5.41, 5.74) is 1.50. The van der Waals surface area contributed by atoms with Gasteiger partial charge in [-0.15, -0.1) is 0 Å². The molecule has 3 rings (SSSR count). The molecule has 1 heterocycles. The minimum Gasteiger partial charge on any atom is -0.497 e. The van der Waals surface area contributed by atoms with E-state index in [2.05, 4.69) is 14.9 Å². The fourth-order valence-electron chi connectivity index (χ4n) is 2.43. The van der Waals surface area contributed by atoms with Crippen LogP contribution in [0, 0.1) is 6.92 Å². The standard InChI is InChI=1S/C18H19N3O5S/c1-12-7-8-15(25-3)16(9-12)27(22,23)19-11-17-20-18(21-26-17)13-5-4-6-14(10-13)24-2/h4-10,19H,11H2,1-3H3. The van der Waals surface area contributed by atoms with E-state index < -0.39 is 10.0 Å². The van der Waals surface area contributed by atoms with E-state index in [1.807, 2.05) is 0 Å². The van der Waals surface area contributed by atoms with Crippen molar-refractivity contribution in [2.75, 3.05) is 14.2 Å². The zero-order valence-corrected chi connectivity index (χ0v) is 15.9. The van der Waals surface area contributed by atoms with Gasteiger partial charge in [-0.3, -0.25) is 0 Å². The van der Waals surface area contributed by atoms with Crippen LogP contribution in [0.25, 0.3) is 11.4 Å². The van der Waals surface area contributed by atoms with Gasteiger partial charge in [0.25, 0.3) is 0 Å². The number of ether oxygens (including phenoxy) is 2. The normalized spacial score (nSPS) is 11.4. The molecule has 142 valence electrons. The first kappa shape index (κ1) is 18.9. The number of aromatic nitrogens is 2. The second-order valence-electron chi connectivity index (χ2n) is 5.72. The maximum atomic E-state index is 12.6. The fraction of sp³-hybridized carbons (Fsp3) is 0.222. The summed E-state index contributed by atoms with van der Waals surface area (Å²) in [6.45, 7) is 1.66. The maximum Gasteiger partial charge on any atom is 0.244 e. The number of rotatable bonds is 7. The van der Waals surface area contributed by atoms with Crippen molar-refractivity contribution in [3.8, 4) is 22.9 Å². The SMILES string of the molecule is COc1cccc(-c2noc(CNS(=O)(=O)c3cc(C)ccc3OC)n2)c1. The Kier molecular flexibility index (Phi) is 5.43. The Balaban J connectivity index is 1.77. The van der Waals surface area contributed by atoms with Gasteiger partial charge >= 0.3 is 0 Å². The van der Waals surface area contributed by atoms with Crippen molar-refractivity contribution in [3.05, 3.63) is 53.9 Å². The van der Waals surface area contributed by atoms with Crippen molar-refractivity contribution < 1.29 is 22.4 Å². The average Bonchev–Trinajstić information content (AvgIpc) is 3.16. The first-order chi connectivity index (χ1) is 12.9. The van der Waals surface area contributed by atoms with E-state index in [9.17, 15) is 8.42 Å². The molecule has 0 amide bonds. The van der Waals surface area contributed by atoms with Crippen molar-refractivity contribution in [2.45, 2.75) is 18.4 Å². The molecule has 2 aromatic carbocycles. The fourth-order valence-corrected chi connectivity index (χ4v) is 3.66. The summed E-state index contributed by atoms with van der Waals surface area (Å²) in [6.07, 6.45) is 0. The van der Waals surface area contributed by atoms with Crippen LogP contribution in [0.4, 0.5) is 0 Å². The number of nitrogens with zero attached hydrogens (tertiary/aromatic N) is 2. The zero-order valence-electron chi connectivity index (χ0n) is 15.1. The molecule has 0 aliphatic rings. The summed E-state index contributed by atoms with van der Waals surface area (Å²) < 4.78 is 43.1.